The topological polar surface area (TPSA) is 41.0 Å². The fourth-order valence-electron chi connectivity index (χ4n) is 3.01. The van der Waals surface area contributed by atoms with Crippen molar-refractivity contribution in [3.8, 4) is 11.5 Å². The number of rotatable bonds is 5. The highest BCUT2D eigenvalue weighted by atomic mass is 16.5. The lowest BCUT2D eigenvalue weighted by molar-refractivity contribution is 0.271. The Kier molecular flexibility index (Phi) is 5.29. The molecule has 1 aliphatic heterocycles. The fraction of sp³-hybridized carbons (Fsp3) is 0.182. The van der Waals surface area contributed by atoms with Gasteiger partial charge >= 0.3 is 0 Å². The Morgan fingerprint density at radius 1 is 0.815 bits per heavy atom. The minimum Gasteiger partial charge on any atom is -0.457 e. The van der Waals surface area contributed by atoms with E-state index < -0.39 is 0 Å². The van der Waals surface area contributed by atoms with Gasteiger partial charge in [0.25, 0.3) is 0 Å². The lowest BCUT2D eigenvalue weighted by Gasteiger charge is -2.33. The number of ether oxygens (including phenoxy) is 1. The van der Waals surface area contributed by atoms with Crippen LogP contribution in [0.5, 0.6) is 11.5 Å². The molecule has 1 saturated heterocycles. The van der Waals surface area contributed by atoms with E-state index in [-0.39, 0.29) is 0 Å². The highest BCUT2D eigenvalue weighted by Gasteiger charge is 2.16. The van der Waals surface area contributed by atoms with Crippen LogP contribution in [0.4, 0.5) is 5.82 Å². The third-order valence-electron chi connectivity index (χ3n) is 4.44. The summed E-state index contributed by atoms with van der Waals surface area (Å²) in [6.07, 6.45) is 3.73. The first-order chi connectivity index (χ1) is 13.4. The van der Waals surface area contributed by atoms with Crippen LogP contribution in [0, 0.1) is 0 Å². The second-order valence-electron chi connectivity index (χ2n) is 6.36. The lowest BCUT2D eigenvalue weighted by atomic mass is 10.2. The molecular weight excluding hydrogens is 336 g/mol. The number of pyridine rings is 1. The van der Waals surface area contributed by atoms with Gasteiger partial charge in [0.15, 0.2) is 0 Å². The predicted octanol–water partition coefficient (Wildman–Crippen LogP) is 4.03. The molecule has 1 aromatic heterocycles. The van der Waals surface area contributed by atoms with E-state index in [1.807, 2.05) is 79.1 Å². The number of piperazine rings is 1. The Labute approximate surface area is 159 Å². The van der Waals surface area contributed by atoms with Crippen molar-refractivity contribution in [3.05, 3.63) is 84.6 Å². The van der Waals surface area contributed by atoms with Crippen LogP contribution in [0.25, 0.3) is 0 Å². The Morgan fingerprint density at radius 3 is 2.37 bits per heavy atom. The van der Waals surface area contributed by atoms with Crippen LogP contribution in [0.2, 0.25) is 0 Å². The van der Waals surface area contributed by atoms with Crippen molar-refractivity contribution in [2.75, 3.05) is 31.1 Å². The zero-order valence-electron chi connectivity index (χ0n) is 15.1. The molecule has 1 aliphatic rings. The molecule has 0 N–H and O–H groups in total. The quantitative estimate of drug-likeness (QED) is 0.646. The Hall–Kier alpha value is -3.34. The number of aromatic nitrogens is 1. The van der Waals surface area contributed by atoms with E-state index in [1.54, 1.807) is 0 Å². The summed E-state index contributed by atoms with van der Waals surface area (Å²) in [6.45, 7) is 3.61. The second-order valence-corrected chi connectivity index (χ2v) is 6.36. The second kappa shape index (κ2) is 8.36. The number of hydrogen-bond acceptors (Lipinski definition) is 5. The van der Waals surface area contributed by atoms with E-state index in [0.29, 0.717) is 0 Å². The summed E-state index contributed by atoms with van der Waals surface area (Å²) in [4.78, 5) is 6.71. The molecule has 0 bridgehead atoms. The molecule has 2 aromatic carbocycles. The normalized spacial score (nSPS) is 14.5. The van der Waals surface area contributed by atoms with E-state index >= 15 is 0 Å². The molecule has 0 radical (unpaired) electrons. The number of nitrogens with zero attached hydrogens (tertiary/aromatic N) is 4. The number of hydrazone groups is 1. The summed E-state index contributed by atoms with van der Waals surface area (Å²) >= 11 is 0. The summed E-state index contributed by atoms with van der Waals surface area (Å²) in [5.41, 5.74) is 1.02. The molecule has 0 amide bonds. The first kappa shape index (κ1) is 17.1. The Bertz CT molecular complexity index is 875. The SMILES string of the molecule is C(=N/N1CCN(c2ccccn2)CC1)/c1cccc(Oc2ccccc2)c1. The van der Waals surface area contributed by atoms with Gasteiger partial charge in [-0.25, -0.2) is 4.98 Å². The van der Waals surface area contributed by atoms with Gasteiger partial charge in [0.1, 0.15) is 17.3 Å². The van der Waals surface area contributed by atoms with Crippen molar-refractivity contribution in [3.63, 3.8) is 0 Å². The average Bonchev–Trinajstić information content (AvgIpc) is 2.74. The minimum absolute atomic E-state index is 0.810. The van der Waals surface area contributed by atoms with E-state index in [1.165, 1.54) is 0 Å². The average molecular weight is 358 g/mol. The molecule has 136 valence electrons. The predicted molar refractivity (Wildman–Crippen MR) is 109 cm³/mol. The number of hydrogen-bond donors (Lipinski definition) is 0. The maximum absolute atomic E-state index is 5.88. The van der Waals surface area contributed by atoms with Gasteiger partial charge in [-0.3, -0.25) is 5.01 Å². The standard InChI is InChI=1S/C22H22N4O/c1-2-8-20(9-3-1)27-21-10-6-7-19(17-21)18-24-26-15-13-25(14-16-26)22-11-4-5-12-23-22/h1-12,17-18H,13-16H2/b24-18-. The van der Waals surface area contributed by atoms with Gasteiger partial charge in [-0.2, -0.15) is 5.10 Å². The highest BCUT2D eigenvalue weighted by Crippen LogP contribution is 2.21. The van der Waals surface area contributed by atoms with Crippen LogP contribution >= 0.6 is 0 Å². The Morgan fingerprint density at radius 2 is 1.59 bits per heavy atom. The highest BCUT2D eigenvalue weighted by molar-refractivity contribution is 5.80. The molecule has 0 atom stereocenters. The van der Waals surface area contributed by atoms with Gasteiger partial charge < -0.3 is 9.64 Å². The molecule has 5 nitrogen and oxygen atoms in total. The van der Waals surface area contributed by atoms with Crippen molar-refractivity contribution in [1.29, 1.82) is 0 Å². The van der Waals surface area contributed by atoms with Crippen molar-refractivity contribution < 1.29 is 4.74 Å². The van der Waals surface area contributed by atoms with Crippen molar-refractivity contribution >= 4 is 12.0 Å². The molecule has 5 heteroatoms. The summed E-state index contributed by atoms with van der Waals surface area (Å²) in [5.74, 6) is 2.68. The number of anilines is 1. The molecule has 0 aliphatic carbocycles. The monoisotopic (exact) mass is 358 g/mol. The first-order valence-electron chi connectivity index (χ1n) is 9.15. The van der Waals surface area contributed by atoms with E-state index in [2.05, 4.69) is 26.1 Å². The molecule has 27 heavy (non-hydrogen) atoms. The zero-order chi connectivity index (χ0) is 18.3. The van der Waals surface area contributed by atoms with Gasteiger partial charge in [0, 0.05) is 19.3 Å². The van der Waals surface area contributed by atoms with Gasteiger partial charge in [-0.05, 0) is 42.0 Å². The summed E-state index contributed by atoms with van der Waals surface area (Å²) in [6, 6.07) is 23.8. The number of para-hydroxylation sites is 1. The van der Waals surface area contributed by atoms with Gasteiger partial charge in [-0.1, -0.05) is 36.4 Å². The Balaban J connectivity index is 1.34. The molecular formula is C22H22N4O. The van der Waals surface area contributed by atoms with Crippen LogP contribution in [0.1, 0.15) is 5.56 Å². The largest absolute Gasteiger partial charge is 0.457 e. The van der Waals surface area contributed by atoms with Crippen LogP contribution < -0.4 is 9.64 Å². The van der Waals surface area contributed by atoms with E-state index in [9.17, 15) is 0 Å². The third kappa shape index (κ3) is 4.64. The van der Waals surface area contributed by atoms with Crippen molar-refractivity contribution in [2.24, 2.45) is 5.10 Å². The summed E-state index contributed by atoms with van der Waals surface area (Å²) in [5, 5.41) is 6.74. The van der Waals surface area contributed by atoms with Crippen LogP contribution in [0.15, 0.2) is 84.1 Å². The smallest absolute Gasteiger partial charge is 0.128 e. The minimum atomic E-state index is 0.810. The molecule has 0 spiro atoms. The van der Waals surface area contributed by atoms with Gasteiger partial charge in [0.05, 0.1) is 19.3 Å². The third-order valence-corrected chi connectivity index (χ3v) is 4.44. The molecule has 1 fully saturated rings. The zero-order valence-corrected chi connectivity index (χ0v) is 15.1. The van der Waals surface area contributed by atoms with E-state index in [0.717, 1.165) is 49.1 Å². The maximum Gasteiger partial charge on any atom is 0.128 e. The molecule has 0 unspecified atom stereocenters. The summed E-state index contributed by atoms with van der Waals surface area (Å²) < 4.78 is 5.88. The maximum atomic E-state index is 5.88. The molecule has 3 aromatic rings. The van der Waals surface area contributed by atoms with E-state index in [4.69, 9.17) is 4.74 Å². The van der Waals surface area contributed by atoms with Gasteiger partial charge in [-0.15, -0.1) is 0 Å². The molecule has 4 rings (SSSR count). The fourth-order valence-corrected chi connectivity index (χ4v) is 3.01. The van der Waals surface area contributed by atoms with Crippen LogP contribution in [-0.4, -0.2) is 42.4 Å². The first-order valence-corrected chi connectivity index (χ1v) is 9.15. The number of benzene rings is 2. The molecule has 0 saturated carbocycles. The van der Waals surface area contributed by atoms with Crippen LogP contribution in [-0.2, 0) is 0 Å². The van der Waals surface area contributed by atoms with Crippen molar-refractivity contribution in [2.45, 2.75) is 0 Å². The van der Waals surface area contributed by atoms with Crippen molar-refractivity contribution in [1.82, 2.24) is 9.99 Å². The summed E-state index contributed by atoms with van der Waals surface area (Å²) in [7, 11) is 0. The van der Waals surface area contributed by atoms with Gasteiger partial charge in [0.2, 0.25) is 0 Å². The lowest BCUT2D eigenvalue weighted by Crippen LogP contribution is -2.44. The van der Waals surface area contributed by atoms with Crippen LogP contribution in [0.3, 0.4) is 0 Å². The molecule has 2 heterocycles.